The van der Waals surface area contributed by atoms with Gasteiger partial charge in [0.25, 0.3) is 0 Å². The van der Waals surface area contributed by atoms with Crippen LogP contribution >= 0.6 is 15.9 Å². The van der Waals surface area contributed by atoms with E-state index in [0.717, 1.165) is 28.6 Å². The lowest BCUT2D eigenvalue weighted by atomic mass is 9.82. The molecule has 2 unspecified atom stereocenters. The summed E-state index contributed by atoms with van der Waals surface area (Å²) in [6.07, 6.45) is 3.68. The second-order valence-electron chi connectivity index (χ2n) is 5.92. The first-order valence-electron chi connectivity index (χ1n) is 7.17. The molecule has 1 aromatic carbocycles. The summed E-state index contributed by atoms with van der Waals surface area (Å²) in [6, 6.07) is 3.71. The van der Waals surface area contributed by atoms with Gasteiger partial charge in [0.05, 0.1) is 24.3 Å². The number of aliphatic hydroxyl groups is 1. The largest absolute Gasteiger partial charge is 0.493 e. The number of methoxy groups -OCH3 is 1. The number of aliphatic hydroxyl groups excluding tert-OH is 1. The highest BCUT2D eigenvalue weighted by molar-refractivity contribution is 9.10. The number of hydrogen-bond acceptors (Lipinski definition) is 3. The van der Waals surface area contributed by atoms with Crippen LogP contribution in [0.5, 0.6) is 11.5 Å². The summed E-state index contributed by atoms with van der Waals surface area (Å²) in [5.41, 5.74) is 0.812. The van der Waals surface area contributed by atoms with E-state index < -0.39 is 0 Å². The minimum atomic E-state index is -0.00721. The van der Waals surface area contributed by atoms with Crippen molar-refractivity contribution in [2.24, 2.45) is 11.8 Å². The van der Waals surface area contributed by atoms with Gasteiger partial charge in [0, 0.05) is 0 Å². The summed E-state index contributed by atoms with van der Waals surface area (Å²) in [5.74, 6) is 2.82. The van der Waals surface area contributed by atoms with Crippen molar-refractivity contribution < 1.29 is 14.6 Å². The van der Waals surface area contributed by atoms with Crippen molar-refractivity contribution in [1.29, 1.82) is 0 Å². The quantitative estimate of drug-likeness (QED) is 0.892. The topological polar surface area (TPSA) is 38.7 Å². The summed E-state index contributed by atoms with van der Waals surface area (Å²) < 4.78 is 12.4. The maximum atomic E-state index is 9.25. The number of rotatable bonds is 4. The SMILES string of the molecule is COc1cc(CO)cc(Br)c1OC1CC(C)CC(C)C1. The molecule has 0 saturated heterocycles. The van der Waals surface area contributed by atoms with Crippen molar-refractivity contribution in [2.75, 3.05) is 7.11 Å². The number of ether oxygens (including phenoxy) is 2. The van der Waals surface area contributed by atoms with Gasteiger partial charge >= 0.3 is 0 Å². The number of hydrogen-bond donors (Lipinski definition) is 1. The van der Waals surface area contributed by atoms with Crippen LogP contribution in [0.2, 0.25) is 0 Å². The summed E-state index contributed by atoms with van der Waals surface area (Å²) in [6.45, 7) is 4.56. The highest BCUT2D eigenvalue weighted by atomic mass is 79.9. The molecule has 20 heavy (non-hydrogen) atoms. The predicted octanol–water partition coefficient (Wildman–Crippen LogP) is 4.15. The lowest BCUT2D eigenvalue weighted by Gasteiger charge is -2.32. The van der Waals surface area contributed by atoms with Crippen LogP contribution in [0, 0.1) is 11.8 Å². The molecular weight excluding hydrogens is 320 g/mol. The van der Waals surface area contributed by atoms with Gasteiger partial charge in [-0.25, -0.2) is 0 Å². The van der Waals surface area contributed by atoms with Gasteiger partial charge in [0.1, 0.15) is 0 Å². The Hall–Kier alpha value is -0.740. The Balaban J connectivity index is 2.20. The highest BCUT2D eigenvalue weighted by Gasteiger charge is 2.26. The molecule has 0 aliphatic heterocycles. The van der Waals surface area contributed by atoms with Crippen LogP contribution in [0.25, 0.3) is 0 Å². The van der Waals surface area contributed by atoms with Crippen LogP contribution in [0.15, 0.2) is 16.6 Å². The Morgan fingerprint density at radius 3 is 2.40 bits per heavy atom. The minimum absolute atomic E-state index is 0.00721. The fourth-order valence-electron chi connectivity index (χ4n) is 3.11. The first kappa shape index (κ1) is 15.6. The second-order valence-corrected chi connectivity index (χ2v) is 6.78. The molecular formula is C16H23BrO3. The van der Waals surface area contributed by atoms with E-state index in [1.165, 1.54) is 6.42 Å². The van der Waals surface area contributed by atoms with Gasteiger partial charge in [-0.1, -0.05) is 13.8 Å². The zero-order valence-corrected chi connectivity index (χ0v) is 13.9. The summed E-state index contributed by atoms with van der Waals surface area (Å²) >= 11 is 3.52. The van der Waals surface area contributed by atoms with Crippen molar-refractivity contribution in [1.82, 2.24) is 0 Å². The summed E-state index contributed by atoms with van der Waals surface area (Å²) in [4.78, 5) is 0. The van der Waals surface area contributed by atoms with Crippen molar-refractivity contribution in [3.8, 4) is 11.5 Å². The third-order valence-electron chi connectivity index (χ3n) is 3.89. The van der Waals surface area contributed by atoms with Crippen LogP contribution in [-0.2, 0) is 6.61 Å². The molecule has 0 spiro atoms. The van der Waals surface area contributed by atoms with Crippen molar-refractivity contribution in [3.05, 3.63) is 22.2 Å². The molecule has 2 atom stereocenters. The van der Waals surface area contributed by atoms with Crippen LogP contribution in [0.3, 0.4) is 0 Å². The van der Waals surface area contributed by atoms with E-state index in [1.807, 2.05) is 12.1 Å². The maximum absolute atomic E-state index is 9.25. The average molecular weight is 343 g/mol. The van der Waals surface area contributed by atoms with E-state index in [2.05, 4.69) is 29.8 Å². The van der Waals surface area contributed by atoms with Crippen LogP contribution in [-0.4, -0.2) is 18.3 Å². The second kappa shape index (κ2) is 6.81. The summed E-state index contributed by atoms with van der Waals surface area (Å²) in [5, 5.41) is 9.25. The van der Waals surface area contributed by atoms with Gasteiger partial charge in [-0.2, -0.15) is 0 Å². The molecule has 0 radical (unpaired) electrons. The van der Waals surface area contributed by atoms with Crippen molar-refractivity contribution >= 4 is 15.9 Å². The smallest absolute Gasteiger partial charge is 0.175 e. The highest BCUT2D eigenvalue weighted by Crippen LogP contribution is 2.40. The molecule has 3 nitrogen and oxygen atoms in total. The molecule has 0 heterocycles. The Labute approximate surface area is 129 Å². The van der Waals surface area contributed by atoms with Gasteiger partial charge in [0.15, 0.2) is 11.5 Å². The monoisotopic (exact) mass is 342 g/mol. The molecule has 1 aromatic rings. The first-order chi connectivity index (χ1) is 9.53. The van der Waals surface area contributed by atoms with Crippen molar-refractivity contribution in [3.63, 3.8) is 0 Å². The third kappa shape index (κ3) is 3.67. The van der Waals surface area contributed by atoms with Gasteiger partial charge in [-0.3, -0.25) is 0 Å². The molecule has 0 bridgehead atoms. The molecule has 0 amide bonds. The Kier molecular flexibility index (Phi) is 5.33. The normalized spacial score (nSPS) is 26.4. The standard InChI is InChI=1S/C16H23BrO3/c1-10-4-11(2)6-13(5-10)20-16-14(17)7-12(9-18)8-15(16)19-3/h7-8,10-11,13,18H,4-6,9H2,1-3H3. The molecule has 0 aromatic heterocycles. The molecule has 1 fully saturated rings. The predicted molar refractivity (Wildman–Crippen MR) is 83.2 cm³/mol. The van der Waals surface area contributed by atoms with Gasteiger partial charge < -0.3 is 14.6 Å². The van der Waals surface area contributed by atoms with E-state index in [-0.39, 0.29) is 12.7 Å². The lowest BCUT2D eigenvalue weighted by molar-refractivity contribution is 0.0971. The molecule has 1 saturated carbocycles. The zero-order valence-electron chi connectivity index (χ0n) is 12.4. The molecule has 112 valence electrons. The number of benzene rings is 1. The summed E-state index contributed by atoms with van der Waals surface area (Å²) in [7, 11) is 1.63. The van der Waals surface area contributed by atoms with Crippen molar-refractivity contribution in [2.45, 2.75) is 45.8 Å². The van der Waals surface area contributed by atoms with Gasteiger partial charge in [-0.05, 0) is 64.7 Å². The Bertz CT molecular complexity index is 451. The lowest BCUT2D eigenvalue weighted by Crippen LogP contribution is -2.28. The molecule has 2 rings (SSSR count). The van der Waals surface area contributed by atoms with Crippen LogP contribution < -0.4 is 9.47 Å². The average Bonchev–Trinajstić information content (AvgIpc) is 2.39. The maximum Gasteiger partial charge on any atom is 0.175 e. The van der Waals surface area contributed by atoms with Gasteiger partial charge in [-0.15, -0.1) is 0 Å². The third-order valence-corrected chi connectivity index (χ3v) is 4.48. The molecule has 1 N–H and O–H groups in total. The van der Waals surface area contributed by atoms with Crippen LogP contribution in [0.4, 0.5) is 0 Å². The van der Waals surface area contributed by atoms with Gasteiger partial charge in [0.2, 0.25) is 0 Å². The van der Waals surface area contributed by atoms with E-state index in [9.17, 15) is 5.11 Å². The molecule has 1 aliphatic carbocycles. The van der Waals surface area contributed by atoms with E-state index >= 15 is 0 Å². The minimum Gasteiger partial charge on any atom is -0.493 e. The van der Waals surface area contributed by atoms with E-state index in [0.29, 0.717) is 17.6 Å². The zero-order chi connectivity index (χ0) is 14.7. The molecule has 1 aliphatic rings. The molecule has 4 heteroatoms. The first-order valence-corrected chi connectivity index (χ1v) is 7.96. The van der Waals surface area contributed by atoms with Crippen LogP contribution in [0.1, 0.15) is 38.7 Å². The number of halogens is 1. The Morgan fingerprint density at radius 1 is 1.20 bits per heavy atom. The van der Waals surface area contributed by atoms with E-state index in [4.69, 9.17) is 9.47 Å². The fraction of sp³-hybridized carbons (Fsp3) is 0.625. The Morgan fingerprint density at radius 2 is 1.85 bits per heavy atom. The van der Waals surface area contributed by atoms with E-state index in [1.54, 1.807) is 7.11 Å². The fourth-order valence-corrected chi connectivity index (χ4v) is 3.70.